The first kappa shape index (κ1) is 17.6. The van der Waals surface area contributed by atoms with Gasteiger partial charge in [0, 0.05) is 38.9 Å². The Labute approximate surface area is 158 Å². The van der Waals surface area contributed by atoms with Crippen LogP contribution >= 0.6 is 0 Å². The molecule has 4 rings (SSSR count). The first-order valence-electron chi connectivity index (χ1n) is 9.25. The number of benzene rings is 1. The third-order valence-electron chi connectivity index (χ3n) is 4.97. The van der Waals surface area contributed by atoms with Crippen LogP contribution < -0.4 is 19.7 Å². The number of amides is 1. The molecule has 0 aliphatic carbocycles. The Morgan fingerprint density at radius 1 is 1.11 bits per heavy atom. The number of piperazine rings is 1. The minimum atomic E-state index is -0.104. The second-order valence-electron chi connectivity index (χ2n) is 6.89. The highest BCUT2D eigenvalue weighted by Gasteiger charge is 2.16. The van der Waals surface area contributed by atoms with Crippen molar-refractivity contribution in [3.63, 3.8) is 0 Å². The van der Waals surface area contributed by atoms with Gasteiger partial charge < -0.3 is 24.6 Å². The van der Waals surface area contributed by atoms with Gasteiger partial charge in [-0.05, 0) is 43.3 Å². The average molecular weight is 368 g/mol. The van der Waals surface area contributed by atoms with Crippen molar-refractivity contribution in [3.05, 3.63) is 47.7 Å². The van der Waals surface area contributed by atoms with Crippen LogP contribution in [-0.2, 0) is 6.42 Å². The Morgan fingerprint density at radius 2 is 1.93 bits per heavy atom. The Bertz CT molecular complexity index is 801. The molecule has 7 heteroatoms. The van der Waals surface area contributed by atoms with Gasteiger partial charge >= 0.3 is 0 Å². The van der Waals surface area contributed by atoms with Gasteiger partial charge in [-0.2, -0.15) is 0 Å². The van der Waals surface area contributed by atoms with E-state index in [1.807, 2.05) is 30.3 Å². The molecule has 0 radical (unpaired) electrons. The van der Waals surface area contributed by atoms with Gasteiger partial charge in [-0.3, -0.25) is 4.79 Å². The fourth-order valence-electron chi connectivity index (χ4n) is 3.26. The number of nitrogens with zero attached hydrogens (tertiary/aromatic N) is 3. The number of likely N-dealkylation sites (N-methyl/N-ethyl adjacent to an activating group) is 1. The van der Waals surface area contributed by atoms with E-state index in [1.165, 1.54) is 0 Å². The fourth-order valence-corrected chi connectivity index (χ4v) is 3.26. The van der Waals surface area contributed by atoms with Crippen molar-refractivity contribution < 1.29 is 14.3 Å². The van der Waals surface area contributed by atoms with E-state index in [2.05, 4.69) is 27.1 Å². The van der Waals surface area contributed by atoms with E-state index in [0.717, 1.165) is 55.5 Å². The molecule has 2 aliphatic heterocycles. The van der Waals surface area contributed by atoms with E-state index < -0.39 is 0 Å². The first-order valence-corrected chi connectivity index (χ1v) is 9.25. The summed E-state index contributed by atoms with van der Waals surface area (Å²) in [6.45, 7) is 4.81. The summed E-state index contributed by atoms with van der Waals surface area (Å²) in [5.41, 5.74) is 1.68. The summed E-state index contributed by atoms with van der Waals surface area (Å²) in [7, 11) is 2.13. The highest BCUT2D eigenvalue weighted by atomic mass is 16.7. The van der Waals surface area contributed by atoms with Crippen LogP contribution in [-0.4, -0.2) is 62.4 Å². The summed E-state index contributed by atoms with van der Waals surface area (Å²) >= 11 is 0. The van der Waals surface area contributed by atoms with Gasteiger partial charge in [0.25, 0.3) is 5.91 Å². The van der Waals surface area contributed by atoms with Gasteiger partial charge in [0.15, 0.2) is 11.5 Å². The topological polar surface area (TPSA) is 66.9 Å². The van der Waals surface area contributed by atoms with Crippen molar-refractivity contribution in [2.45, 2.75) is 6.42 Å². The molecule has 1 saturated heterocycles. The second kappa shape index (κ2) is 7.84. The van der Waals surface area contributed by atoms with Gasteiger partial charge in [-0.1, -0.05) is 6.07 Å². The molecule has 0 spiro atoms. The number of pyridine rings is 1. The Hall–Kier alpha value is -2.80. The quantitative estimate of drug-likeness (QED) is 0.864. The van der Waals surface area contributed by atoms with Crippen LogP contribution in [0.1, 0.15) is 15.9 Å². The molecule has 0 atom stereocenters. The van der Waals surface area contributed by atoms with Crippen molar-refractivity contribution in [3.8, 4) is 11.5 Å². The van der Waals surface area contributed by atoms with E-state index >= 15 is 0 Å². The predicted octanol–water partition coefficient (Wildman–Crippen LogP) is 1.53. The molecule has 1 aromatic heterocycles. The van der Waals surface area contributed by atoms with Gasteiger partial charge in [0.2, 0.25) is 6.79 Å². The molecule has 1 fully saturated rings. The molecule has 27 heavy (non-hydrogen) atoms. The van der Waals surface area contributed by atoms with E-state index in [0.29, 0.717) is 12.1 Å². The molecule has 142 valence electrons. The van der Waals surface area contributed by atoms with Crippen LogP contribution in [0.2, 0.25) is 0 Å². The standard InChI is InChI=1S/C20H24N4O3/c1-23-8-10-24(11-9-23)19-5-3-16(13-22-19)20(25)21-7-6-15-2-4-17-18(12-15)27-14-26-17/h2-5,12-13H,6-11,14H2,1H3,(H,21,25). The molecule has 7 nitrogen and oxygen atoms in total. The van der Waals surface area contributed by atoms with Gasteiger partial charge in [-0.15, -0.1) is 0 Å². The van der Waals surface area contributed by atoms with Crippen LogP contribution in [0.3, 0.4) is 0 Å². The number of nitrogens with one attached hydrogen (secondary N) is 1. The van der Waals surface area contributed by atoms with E-state index in [-0.39, 0.29) is 12.7 Å². The van der Waals surface area contributed by atoms with Gasteiger partial charge in [-0.25, -0.2) is 4.98 Å². The van der Waals surface area contributed by atoms with Crippen LogP contribution in [0.25, 0.3) is 0 Å². The molecular weight excluding hydrogens is 344 g/mol. The molecule has 0 bridgehead atoms. The zero-order valence-corrected chi connectivity index (χ0v) is 15.5. The smallest absolute Gasteiger partial charge is 0.252 e. The summed E-state index contributed by atoms with van der Waals surface area (Å²) in [6, 6.07) is 9.63. The molecule has 3 heterocycles. The number of carbonyl (C=O) groups is 1. The zero-order chi connectivity index (χ0) is 18.6. The number of anilines is 1. The molecular formula is C20H24N4O3. The molecule has 2 aromatic rings. The van der Waals surface area contributed by atoms with Crippen molar-refractivity contribution in [1.29, 1.82) is 0 Å². The predicted molar refractivity (Wildman–Crippen MR) is 103 cm³/mol. The molecule has 0 unspecified atom stereocenters. The summed E-state index contributed by atoms with van der Waals surface area (Å²) in [5, 5.41) is 2.95. The second-order valence-corrected chi connectivity index (χ2v) is 6.89. The van der Waals surface area contributed by atoms with Gasteiger partial charge in [0.05, 0.1) is 5.56 Å². The molecule has 1 N–H and O–H groups in total. The highest BCUT2D eigenvalue weighted by molar-refractivity contribution is 5.94. The van der Waals surface area contributed by atoms with Crippen LogP contribution in [0.5, 0.6) is 11.5 Å². The van der Waals surface area contributed by atoms with Crippen molar-refractivity contribution >= 4 is 11.7 Å². The van der Waals surface area contributed by atoms with Gasteiger partial charge in [0.1, 0.15) is 5.82 Å². The number of ether oxygens (including phenoxy) is 2. The lowest BCUT2D eigenvalue weighted by Crippen LogP contribution is -2.44. The summed E-state index contributed by atoms with van der Waals surface area (Å²) in [5.74, 6) is 2.37. The number of carbonyl (C=O) groups excluding carboxylic acids is 1. The lowest BCUT2D eigenvalue weighted by molar-refractivity contribution is 0.0954. The third-order valence-corrected chi connectivity index (χ3v) is 4.97. The maximum absolute atomic E-state index is 12.3. The maximum atomic E-state index is 12.3. The summed E-state index contributed by atoms with van der Waals surface area (Å²) in [4.78, 5) is 21.4. The largest absolute Gasteiger partial charge is 0.454 e. The lowest BCUT2D eigenvalue weighted by Gasteiger charge is -2.33. The molecule has 0 saturated carbocycles. The van der Waals surface area contributed by atoms with Crippen molar-refractivity contribution in [2.75, 3.05) is 51.5 Å². The Kier molecular flexibility index (Phi) is 5.11. The Balaban J connectivity index is 1.28. The van der Waals surface area contributed by atoms with Crippen LogP contribution in [0, 0.1) is 0 Å². The number of aromatic nitrogens is 1. The number of hydrogen-bond donors (Lipinski definition) is 1. The van der Waals surface area contributed by atoms with E-state index in [4.69, 9.17) is 9.47 Å². The number of fused-ring (bicyclic) bond motifs is 1. The number of hydrogen-bond acceptors (Lipinski definition) is 6. The lowest BCUT2D eigenvalue weighted by atomic mass is 10.1. The van der Waals surface area contributed by atoms with Crippen molar-refractivity contribution in [1.82, 2.24) is 15.2 Å². The van der Waals surface area contributed by atoms with E-state index in [1.54, 1.807) is 6.20 Å². The number of rotatable bonds is 5. The SMILES string of the molecule is CN1CCN(c2ccc(C(=O)NCCc3ccc4c(c3)OCO4)cn2)CC1. The normalized spacial score (nSPS) is 16.4. The molecule has 1 amide bonds. The highest BCUT2D eigenvalue weighted by Crippen LogP contribution is 2.32. The molecule has 2 aliphatic rings. The third kappa shape index (κ3) is 4.14. The average Bonchev–Trinajstić information content (AvgIpc) is 3.16. The minimum absolute atomic E-state index is 0.104. The van der Waals surface area contributed by atoms with E-state index in [9.17, 15) is 4.79 Å². The summed E-state index contributed by atoms with van der Waals surface area (Å²) in [6.07, 6.45) is 2.39. The summed E-state index contributed by atoms with van der Waals surface area (Å²) < 4.78 is 10.7. The first-order chi connectivity index (χ1) is 13.2. The van der Waals surface area contributed by atoms with Crippen LogP contribution in [0.4, 0.5) is 5.82 Å². The fraction of sp³-hybridized carbons (Fsp3) is 0.400. The molecule has 1 aromatic carbocycles. The zero-order valence-electron chi connectivity index (χ0n) is 15.5. The Morgan fingerprint density at radius 3 is 2.70 bits per heavy atom. The van der Waals surface area contributed by atoms with Crippen molar-refractivity contribution in [2.24, 2.45) is 0 Å². The van der Waals surface area contributed by atoms with Crippen LogP contribution in [0.15, 0.2) is 36.5 Å². The maximum Gasteiger partial charge on any atom is 0.252 e. The minimum Gasteiger partial charge on any atom is -0.454 e. The monoisotopic (exact) mass is 368 g/mol.